The lowest BCUT2D eigenvalue weighted by molar-refractivity contribution is 0.0513. The number of carbonyl (C=O) groups is 1. The quantitative estimate of drug-likeness (QED) is 0.877. The molecule has 8 nitrogen and oxygen atoms in total. The van der Waals surface area contributed by atoms with Crippen molar-refractivity contribution in [1.82, 2.24) is 19.2 Å². The predicted octanol–water partition coefficient (Wildman–Crippen LogP) is 1.35. The van der Waals surface area contributed by atoms with Crippen molar-refractivity contribution in [3.8, 4) is 0 Å². The highest BCUT2D eigenvalue weighted by Gasteiger charge is 2.31. The second-order valence-electron chi connectivity index (χ2n) is 7.11. The summed E-state index contributed by atoms with van der Waals surface area (Å²) in [5, 5.41) is 2.83. The number of hydrogen-bond acceptors (Lipinski definition) is 5. The zero-order chi connectivity index (χ0) is 18.0. The molecular weight excluding hydrogens is 332 g/mol. The van der Waals surface area contributed by atoms with Crippen LogP contribution in [0.25, 0.3) is 0 Å². The largest absolute Gasteiger partial charge is 0.444 e. The fraction of sp³-hybridized carbons (Fsp3) is 0.733. The number of imidazole rings is 1. The van der Waals surface area contributed by atoms with Gasteiger partial charge in [0.05, 0.1) is 6.33 Å². The molecule has 9 heteroatoms. The lowest BCUT2D eigenvalue weighted by Gasteiger charge is -2.30. The minimum Gasteiger partial charge on any atom is -0.444 e. The molecule has 1 aliphatic rings. The molecule has 1 saturated heterocycles. The smallest absolute Gasteiger partial charge is 0.407 e. The monoisotopic (exact) mass is 358 g/mol. The standard InChI is InChI=1S/C15H26N4O4S/c1-15(2,3)23-14(20)16-9-12-5-7-19(8-6-12)24(21,22)13-10-18(4)11-17-13/h10-12H,5-9H2,1-4H3,(H,16,20). The molecule has 1 aromatic heterocycles. The second kappa shape index (κ2) is 7.10. The van der Waals surface area contributed by atoms with Crippen molar-refractivity contribution in [2.24, 2.45) is 13.0 Å². The van der Waals surface area contributed by atoms with E-state index in [-0.39, 0.29) is 10.9 Å². The van der Waals surface area contributed by atoms with Crippen LogP contribution in [-0.4, -0.2) is 53.6 Å². The van der Waals surface area contributed by atoms with Crippen LogP contribution in [0.1, 0.15) is 33.6 Å². The summed E-state index contributed by atoms with van der Waals surface area (Å²) in [6.45, 7) is 6.79. The zero-order valence-electron chi connectivity index (χ0n) is 14.7. The van der Waals surface area contributed by atoms with Gasteiger partial charge in [0, 0.05) is 32.9 Å². The maximum Gasteiger partial charge on any atom is 0.407 e. The summed E-state index contributed by atoms with van der Waals surface area (Å²) in [7, 11) is -1.79. The Balaban J connectivity index is 1.82. The van der Waals surface area contributed by atoms with Crippen molar-refractivity contribution in [1.29, 1.82) is 0 Å². The zero-order valence-corrected chi connectivity index (χ0v) is 15.5. The molecule has 1 aliphatic heterocycles. The van der Waals surface area contributed by atoms with E-state index in [0.29, 0.717) is 32.5 Å². The number of nitrogens with zero attached hydrogens (tertiary/aromatic N) is 3. The normalized spacial score (nSPS) is 17.7. The molecule has 2 heterocycles. The number of amides is 1. The van der Waals surface area contributed by atoms with E-state index >= 15 is 0 Å². The van der Waals surface area contributed by atoms with Crippen molar-refractivity contribution in [2.75, 3.05) is 19.6 Å². The van der Waals surface area contributed by atoms with E-state index in [2.05, 4.69) is 10.3 Å². The van der Waals surface area contributed by atoms with Crippen LogP contribution in [-0.2, 0) is 21.8 Å². The molecule has 24 heavy (non-hydrogen) atoms. The molecule has 0 saturated carbocycles. The highest BCUT2D eigenvalue weighted by Crippen LogP contribution is 2.22. The van der Waals surface area contributed by atoms with Crippen LogP contribution in [0.3, 0.4) is 0 Å². The van der Waals surface area contributed by atoms with Crippen molar-refractivity contribution < 1.29 is 17.9 Å². The first-order valence-electron chi connectivity index (χ1n) is 8.03. The number of piperidine rings is 1. The van der Waals surface area contributed by atoms with Gasteiger partial charge in [0.2, 0.25) is 0 Å². The molecule has 0 aliphatic carbocycles. The lowest BCUT2D eigenvalue weighted by Crippen LogP contribution is -2.42. The summed E-state index contributed by atoms with van der Waals surface area (Å²) in [5.74, 6) is 0.243. The number of rotatable bonds is 4. The summed E-state index contributed by atoms with van der Waals surface area (Å²) >= 11 is 0. The van der Waals surface area contributed by atoms with Gasteiger partial charge in [-0.1, -0.05) is 0 Å². The number of ether oxygens (including phenoxy) is 1. The van der Waals surface area contributed by atoms with Gasteiger partial charge in [-0.25, -0.2) is 18.2 Å². The fourth-order valence-electron chi connectivity index (χ4n) is 2.55. The number of carbonyl (C=O) groups excluding carboxylic acids is 1. The van der Waals surface area contributed by atoms with Gasteiger partial charge in [0.1, 0.15) is 5.60 Å². The highest BCUT2D eigenvalue weighted by atomic mass is 32.2. The van der Waals surface area contributed by atoms with Crippen LogP contribution in [0.15, 0.2) is 17.6 Å². The molecule has 2 rings (SSSR count). The van der Waals surface area contributed by atoms with Crippen LogP contribution in [0, 0.1) is 5.92 Å². The highest BCUT2D eigenvalue weighted by molar-refractivity contribution is 7.89. The predicted molar refractivity (Wildman–Crippen MR) is 88.9 cm³/mol. The SMILES string of the molecule is Cn1cnc(S(=O)(=O)N2CCC(CNC(=O)OC(C)(C)C)CC2)c1. The molecule has 1 fully saturated rings. The van der Waals surface area contributed by atoms with Crippen molar-refractivity contribution in [2.45, 2.75) is 44.2 Å². The number of hydrogen-bond donors (Lipinski definition) is 1. The van der Waals surface area contributed by atoms with Crippen LogP contribution >= 0.6 is 0 Å². The van der Waals surface area contributed by atoms with Gasteiger partial charge in [-0.15, -0.1) is 0 Å². The van der Waals surface area contributed by atoms with Crippen LogP contribution < -0.4 is 5.32 Å². The Morgan fingerprint density at radius 1 is 1.38 bits per heavy atom. The first kappa shape index (κ1) is 18.7. The third-order valence-corrected chi connectivity index (χ3v) is 5.58. The Bertz CT molecular complexity index is 670. The molecule has 0 atom stereocenters. The van der Waals surface area contributed by atoms with Gasteiger partial charge in [-0.2, -0.15) is 4.31 Å². The van der Waals surface area contributed by atoms with Crippen LogP contribution in [0.4, 0.5) is 4.79 Å². The van der Waals surface area contributed by atoms with Crippen LogP contribution in [0.2, 0.25) is 0 Å². The maximum absolute atomic E-state index is 12.5. The van der Waals surface area contributed by atoms with Gasteiger partial charge in [-0.05, 0) is 39.5 Å². The number of aromatic nitrogens is 2. The Kier molecular flexibility index (Phi) is 5.54. The van der Waals surface area contributed by atoms with E-state index in [9.17, 15) is 13.2 Å². The van der Waals surface area contributed by atoms with E-state index in [1.54, 1.807) is 11.6 Å². The van der Waals surface area contributed by atoms with Crippen molar-refractivity contribution >= 4 is 16.1 Å². The molecule has 1 N–H and O–H groups in total. The second-order valence-corrected chi connectivity index (χ2v) is 8.99. The average molecular weight is 358 g/mol. The van der Waals surface area contributed by atoms with E-state index in [1.165, 1.54) is 16.8 Å². The summed E-state index contributed by atoms with van der Waals surface area (Å²) < 4.78 is 33.3. The minimum atomic E-state index is -3.53. The van der Waals surface area contributed by atoms with E-state index in [0.717, 1.165) is 0 Å². The Morgan fingerprint density at radius 2 is 2.00 bits per heavy atom. The van der Waals surface area contributed by atoms with Crippen molar-refractivity contribution in [3.05, 3.63) is 12.5 Å². The van der Waals surface area contributed by atoms with Gasteiger partial charge < -0.3 is 14.6 Å². The van der Waals surface area contributed by atoms with Gasteiger partial charge >= 0.3 is 6.09 Å². The van der Waals surface area contributed by atoms with Gasteiger partial charge in [-0.3, -0.25) is 0 Å². The molecule has 0 aromatic carbocycles. The lowest BCUT2D eigenvalue weighted by atomic mass is 9.98. The Morgan fingerprint density at radius 3 is 2.50 bits per heavy atom. The first-order valence-corrected chi connectivity index (χ1v) is 9.47. The van der Waals surface area contributed by atoms with Crippen molar-refractivity contribution in [3.63, 3.8) is 0 Å². The summed E-state index contributed by atoms with van der Waals surface area (Å²) in [6.07, 6.45) is 3.94. The molecule has 0 spiro atoms. The van der Waals surface area contributed by atoms with Gasteiger partial charge in [0.15, 0.2) is 5.03 Å². The molecule has 0 radical (unpaired) electrons. The number of nitrogens with one attached hydrogen (secondary N) is 1. The fourth-order valence-corrected chi connectivity index (χ4v) is 3.99. The summed E-state index contributed by atoms with van der Waals surface area (Å²) in [4.78, 5) is 15.6. The Labute approximate surface area is 143 Å². The third kappa shape index (κ3) is 4.94. The minimum absolute atomic E-state index is 0.0790. The molecule has 1 aromatic rings. The number of alkyl carbamates (subject to hydrolysis) is 1. The molecule has 136 valence electrons. The topological polar surface area (TPSA) is 93.5 Å². The van der Waals surface area contributed by atoms with E-state index < -0.39 is 21.7 Å². The third-order valence-electron chi connectivity index (χ3n) is 3.79. The van der Waals surface area contributed by atoms with E-state index in [1.807, 2.05) is 20.8 Å². The molecule has 0 bridgehead atoms. The average Bonchev–Trinajstić information content (AvgIpc) is 2.91. The summed E-state index contributed by atoms with van der Waals surface area (Å²) in [5.41, 5.74) is -0.524. The van der Waals surface area contributed by atoms with Gasteiger partial charge in [0.25, 0.3) is 10.0 Å². The number of sulfonamides is 1. The molecule has 1 amide bonds. The Hall–Kier alpha value is -1.61. The molecular formula is C15H26N4O4S. The number of aryl methyl sites for hydroxylation is 1. The van der Waals surface area contributed by atoms with E-state index in [4.69, 9.17) is 4.74 Å². The maximum atomic E-state index is 12.5. The first-order chi connectivity index (χ1) is 11.1. The van der Waals surface area contributed by atoms with Crippen LogP contribution in [0.5, 0.6) is 0 Å². The summed E-state index contributed by atoms with van der Waals surface area (Å²) in [6, 6.07) is 0. The molecule has 0 unspecified atom stereocenters.